The summed E-state index contributed by atoms with van der Waals surface area (Å²) in [4.78, 5) is 12.4. The average molecular weight is 416 g/mol. The Labute approximate surface area is 182 Å². The number of benzene rings is 2. The predicted molar refractivity (Wildman–Crippen MR) is 126 cm³/mol. The second-order valence-electron chi connectivity index (χ2n) is 7.62. The van der Waals surface area contributed by atoms with Crippen molar-refractivity contribution in [1.82, 2.24) is 30.4 Å². The van der Waals surface area contributed by atoms with Gasteiger partial charge in [-0.05, 0) is 50.1 Å². The van der Waals surface area contributed by atoms with Gasteiger partial charge in [0.05, 0.1) is 22.4 Å². The molecule has 160 valence electrons. The molecule has 0 saturated carbocycles. The van der Waals surface area contributed by atoms with Crippen LogP contribution < -0.4 is 10.6 Å². The van der Waals surface area contributed by atoms with Crippen LogP contribution in [0, 0.1) is 13.8 Å². The van der Waals surface area contributed by atoms with Gasteiger partial charge in [-0.2, -0.15) is 5.10 Å². The molecule has 0 fully saturated rings. The SMILES string of the molecule is CN=C(NCCCc1nc2ccccc2[nH]1)NCc1ccccc1-n1nc(C)cc1C. The molecule has 4 aromatic rings. The van der Waals surface area contributed by atoms with Gasteiger partial charge in [0.2, 0.25) is 0 Å². The van der Waals surface area contributed by atoms with Gasteiger partial charge in [0.1, 0.15) is 5.82 Å². The lowest BCUT2D eigenvalue weighted by atomic mass is 10.1. The number of aryl methyl sites for hydroxylation is 3. The molecule has 0 aliphatic heterocycles. The Bertz CT molecular complexity index is 1150. The van der Waals surface area contributed by atoms with Gasteiger partial charge in [-0.1, -0.05) is 30.3 Å². The molecule has 0 atom stereocenters. The number of nitrogens with zero attached hydrogens (tertiary/aromatic N) is 4. The van der Waals surface area contributed by atoms with E-state index in [1.807, 2.05) is 35.9 Å². The van der Waals surface area contributed by atoms with Gasteiger partial charge >= 0.3 is 0 Å². The number of hydrogen-bond acceptors (Lipinski definition) is 3. The number of H-pyrrole nitrogens is 1. The lowest BCUT2D eigenvalue weighted by Gasteiger charge is -2.15. The smallest absolute Gasteiger partial charge is 0.191 e. The molecule has 3 N–H and O–H groups in total. The van der Waals surface area contributed by atoms with Crippen molar-refractivity contribution in [1.29, 1.82) is 0 Å². The molecule has 0 radical (unpaired) electrons. The van der Waals surface area contributed by atoms with Gasteiger partial charge in [0.25, 0.3) is 0 Å². The first-order chi connectivity index (χ1) is 15.1. The molecule has 2 aromatic carbocycles. The van der Waals surface area contributed by atoms with Crippen molar-refractivity contribution < 1.29 is 0 Å². The Morgan fingerprint density at radius 3 is 2.65 bits per heavy atom. The van der Waals surface area contributed by atoms with Gasteiger partial charge < -0.3 is 15.6 Å². The van der Waals surface area contributed by atoms with Gasteiger partial charge in [0, 0.05) is 32.3 Å². The highest BCUT2D eigenvalue weighted by Crippen LogP contribution is 2.17. The highest BCUT2D eigenvalue weighted by atomic mass is 15.3. The van der Waals surface area contributed by atoms with Crippen LogP contribution >= 0.6 is 0 Å². The Kier molecular flexibility index (Phi) is 6.31. The number of aromatic nitrogens is 4. The third-order valence-corrected chi connectivity index (χ3v) is 5.22. The summed E-state index contributed by atoms with van der Waals surface area (Å²) in [6.45, 7) is 5.57. The molecule has 0 saturated heterocycles. The van der Waals surface area contributed by atoms with Crippen molar-refractivity contribution in [2.45, 2.75) is 33.2 Å². The summed E-state index contributed by atoms with van der Waals surface area (Å²) in [7, 11) is 1.79. The Morgan fingerprint density at radius 1 is 1.06 bits per heavy atom. The number of hydrogen-bond donors (Lipinski definition) is 3. The van der Waals surface area contributed by atoms with Crippen molar-refractivity contribution in [3.63, 3.8) is 0 Å². The summed E-state index contributed by atoms with van der Waals surface area (Å²) >= 11 is 0. The van der Waals surface area contributed by atoms with Crippen LogP contribution in [0.2, 0.25) is 0 Å². The monoisotopic (exact) mass is 415 g/mol. The van der Waals surface area contributed by atoms with Crippen molar-refractivity contribution in [2.75, 3.05) is 13.6 Å². The number of fused-ring (bicyclic) bond motifs is 1. The van der Waals surface area contributed by atoms with E-state index in [1.54, 1.807) is 7.05 Å². The predicted octanol–water partition coefficient (Wildman–Crippen LogP) is 3.66. The lowest BCUT2D eigenvalue weighted by molar-refractivity contribution is 0.723. The molecule has 2 heterocycles. The van der Waals surface area contributed by atoms with E-state index in [1.165, 1.54) is 5.56 Å². The summed E-state index contributed by atoms with van der Waals surface area (Å²) in [6.07, 6.45) is 1.85. The van der Waals surface area contributed by atoms with Crippen molar-refractivity contribution in [3.05, 3.63) is 77.4 Å². The fourth-order valence-corrected chi connectivity index (χ4v) is 3.73. The van der Waals surface area contributed by atoms with Crippen molar-refractivity contribution >= 4 is 17.0 Å². The number of para-hydroxylation sites is 3. The van der Waals surface area contributed by atoms with Crippen LogP contribution in [0.4, 0.5) is 0 Å². The number of rotatable bonds is 7. The number of aliphatic imine (C=N–C) groups is 1. The van der Waals surface area contributed by atoms with E-state index in [9.17, 15) is 0 Å². The second kappa shape index (κ2) is 9.47. The fourth-order valence-electron chi connectivity index (χ4n) is 3.73. The third kappa shape index (κ3) is 4.94. The lowest BCUT2D eigenvalue weighted by Crippen LogP contribution is -2.37. The first-order valence-electron chi connectivity index (χ1n) is 10.6. The molecule has 2 aromatic heterocycles. The molecular weight excluding hydrogens is 386 g/mol. The second-order valence-corrected chi connectivity index (χ2v) is 7.62. The molecule has 0 unspecified atom stereocenters. The number of nitrogens with one attached hydrogen (secondary N) is 3. The van der Waals surface area contributed by atoms with E-state index in [2.05, 4.69) is 67.9 Å². The van der Waals surface area contributed by atoms with Crippen LogP contribution in [0.1, 0.15) is 29.2 Å². The zero-order valence-electron chi connectivity index (χ0n) is 18.3. The first kappa shape index (κ1) is 20.7. The third-order valence-electron chi connectivity index (χ3n) is 5.22. The van der Waals surface area contributed by atoms with E-state index >= 15 is 0 Å². The standard InChI is InChI=1S/C24H29N7/c1-17-15-18(2)31(30-17)22-12-7-4-9-19(22)16-27-24(25-3)26-14-8-13-23-28-20-10-5-6-11-21(20)29-23/h4-7,9-12,15H,8,13-14,16H2,1-3H3,(H,28,29)(H2,25,26,27). The van der Waals surface area contributed by atoms with Crippen LogP contribution in [0.5, 0.6) is 0 Å². The summed E-state index contributed by atoms with van der Waals surface area (Å²) in [5.41, 5.74) is 6.49. The molecule has 0 spiro atoms. The van der Waals surface area contributed by atoms with Gasteiger partial charge in [0.15, 0.2) is 5.96 Å². The molecule has 0 aliphatic rings. The Hall–Kier alpha value is -3.61. The molecule has 0 aliphatic carbocycles. The largest absolute Gasteiger partial charge is 0.356 e. The van der Waals surface area contributed by atoms with E-state index in [0.717, 1.165) is 59.3 Å². The first-order valence-corrected chi connectivity index (χ1v) is 10.6. The molecule has 7 nitrogen and oxygen atoms in total. The zero-order valence-corrected chi connectivity index (χ0v) is 18.3. The van der Waals surface area contributed by atoms with Gasteiger partial charge in [-0.3, -0.25) is 4.99 Å². The van der Waals surface area contributed by atoms with Crippen molar-refractivity contribution in [3.8, 4) is 5.69 Å². The van der Waals surface area contributed by atoms with Crippen LogP contribution in [-0.4, -0.2) is 39.3 Å². The minimum atomic E-state index is 0.664. The summed E-state index contributed by atoms with van der Waals surface area (Å²) in [5.74, 6) is 1.80. The molecule has 0 bridgehead atoms. The maximum absolute atomic E-state index is 4.64. The van der Waals surface area contributed by atoms with E-state index in [-0.39, 0.29) is 0 Å². The number of aromatic amines is 1. The Morgan fingerprint density at radius 2 is 1.87 bits per heavy atom. The normalized spacial score (nSPS) is 11.8. The van der Waals surface area contributed by atoms with Gasteiger partial charge in [-0.15, -0.1) is 0 Å². The molecule has 31 heavy (non-hydrogen) atoms. The minimum Gasteiger partial charge on any atom is -0.356 e. The van der Waals surface area contributed by atoms with Crippen LogP contribution in [0.3, 0.4) is 0 Å². The van der Waals surface area contributed by atoms with Crippen LogP contribution in [-0.2, 0) is 13.0 Å². The highest BCUT2D eigenvalue weighted by Gasteiger charge is 2.09. The van der Waals surface area contributed by atoms with Crippen LogP contribution in [0.25, 0.3) is 16.7 Å². The summed E-state index contributed by atoms with van der Waals surface area (Å²) in [6, 6.07) is 18.5. The highest BCUT2D eigenvalue weighted by molar-refractivity contribution is 5.79. The Balaban J connectivity index is 1.30. The zero-order chi connectivity index (χ0) is 21.6. The van der Waals surface area contributed by atoms with E-state index < -0.39 is 0 Å². The van der Waals surface area contributed by atoms with Gasteiger partial charge in [-0.25, -0.2) is 9.67 Å². The molecule has 0 amide bonds. The van der Waals surface area contributed by atoms with Crippen molar-refractivity contribution in [2.24, 2.45) is 4.99 Å². The molecule has 7 heteroatoms. The number of guanidine groups is 1. The quantitative estimate of drug-likeness (QED) is 0.244. The summed E-state index contributed by atoms with van der Waals surface area (Å²) in [5, 5.41) is 11.4. The number of imidazole rings is 1. The minimum absolute atomic E-state index is 0.664. The summed E-state index contributed by atoms with van der Waals surface area (Å²) < 4.78 is 2.00. The van der Waals surface area contributed by atoms with E-state index in [0.29, 0.717) is 6.54 Å². The molecular formula is C24H29N7. The maximum Gasteiger partial charge on any atom is 0.191 e. The molecule has 4 rings (SSSR count). The van der Waals surface area contributed by atoms with E-state index in [4.69, 9.17) is 0 Å². The average Bonchev–Trinajstić information content (AvgIpc) is 3.35. The fraction of sp³-hybridized carbons (Fsp3) is 0.292. The topological polar surface area (TPSA) is 82.9 Å². The maximum atomic E-state index is 4.64. The van der Waals surface area contributed by atoms with Crippen LogP contribution in [0.15, 0.2) is 59.6 Å².